The molecular weight excluding hydrogens is 292 g/mol. The molecule has 2 aliphatic rings. The number of ether oxygens (including phenoxy) is 2. The third kappa shape index (κ3) is 7.06. The van der Waals surface area contributed by atoms with E-state index in [-0.39, 0.29) is 18.3 Å². The van der Waals surface area contributed by atoms with Crippen LogP contribution >= 0.6 is 0 Å². The molecule has 5 nitrogen and oxygen atoms in total. The predicted octanol–water partition coefficient (Wildman–Crippen LogP) is 1.74. The molecule has 2 aliphatic heterocycles. The summed E-state index contributed by atoms with van der Waals surface area (Å²) >= 11 is 0. The van der Waals surface area contributed by atoms with Crippen LogP contribution in [-0.4, -0.2) is 85.2 Å². The van der Waals surface area contributed by atoms with E-state index in [1.54, 1.807) is 0 Å². The van der Waals surface area contributed by atoms with Crippen LogP contribution in [0.15, 0.2) is 0 Å². The highest BCUT2D eigenvalue weighted by Gasteiger charge is 2.25. The van der Waals surface area contributed by atoms with Crippen LogP contribution in [-0.2, 0) is 9.47 Å². The van der Waals surface area contributed by atoms with Crippen molar-refractivity contribution in [1.82, 2.24) is 9.80 Å². The highest BCUT2D eigenvalue weighted by atomic mass is 16.5. The van der Waals surface area contributed by atoms with Crippen LogP contribution in [0.2, 0.25) is 0 Å². The van der Waals surface area contributed by atoms with E-state index in [4.69, 9.17) is 9.47 Å². The van der Waals surface area contributed by atoms with Crippen LogP contribution in [0.3, 0.4) is 0 Å². The SMILES string of the molecule is CCCN(CC(O)CN1CC(C)OC(C)C1)CC1CCCCO1. The Hall–Kier alpha value is -0.200. The molecule has 23 heavy (non-hydrogen) atoms. The molecule has 2 heterocycles. The molecule has 2 saturated heterocycles. The minimum Gasteiger partial charge on any atom is -0.390 e. The smallest absolute Gasteiger partial charge is 0.0793 e. The van der Waals surface area contributed by atoms with Gasteiger partial charge < -0.3 is 14.6 Å². The molecule has 0 aromatic carbocycles. The first-order chi connectivity index (χ1) is 11.1. The maximum atomic E-state index is 10.5. The zero-order chi connectivity index (χ0) is 16.7. The van der Waals surface area contributed by atoms with Crippen LogP contribution in [0.1, 0.15) is 46.5 Å². The number of hydrogen-bond acceptors (Lipinski definition) is 5. The van der Waals surface area contributed by atoms with Gasteiger partial charge in [0.25, 0.3) is 0 Å². The van der Waals surface area contributed by atoms with Crippen molar-refractivity contribution in [3.05, 3.63) is 0 Å². The zero-order valence-electron chi connectivity index (χ0n) is 15.2. The van der Waals surface area contributed by atoms with Gasteiger partial charge in [0.2, 0.25) is 0 Å². The number of morpholine rings is 1. The van der Waals surface area contributed by atoms with Crippen molar-refractivity contribution in [2.45, 2.75) is 70.9 Å². The van der Waals surface area contributed by atoms with Crippen molar-refractivity contribution in [3.8, 4) is 0 Å². The quantitative estimate of drug-likeness (QED) is 0.735. The van der Waals surface area contributed by atoms with Crippen molar-refractivity contribution in [2.24, 2.45) is 0 Å². The van der Waals surface area contributed by atoms with E-state index in [2.05, 4.69) is 30.6 Å². The van der Waals surface area contributed by atoms with E-state index in [0.717, 1.165) is 58.7 Å². The number of β-amino-alcohol motifs (C(OH)–C–C–N with tert-alkyl or cyclic N) is 1. The minimum absolute atomic E-state index is 0.258. The van der Waals surface area contributed by atoms with Gasteiger partial charge in [-0.25, -0.2) is 0 Å². The molecule has 0 spiro atoms. The first-order valence-electron chi connectivity index (χ1n) is 9.46. The summed E-state index contributed by atoms with van der Waals surface area (Å²) in [4.78, 5) is 4.72. The highest BCUT2D eigenvalue weighted by Crippen LogP contribution is 2.15. The Labute approximate surface area is 141 Å². The van der Waals surface area contributed by atoms with Crippen LogP contribution in [0.4, 0.5) is 0 Å². The molecule has 2 fully saturated rings. The predicted molar refractivity (Wildman–Crippen MR) is 92.8 cm³/mol. The van der Waals surface area contributed by atoms with E-state index >= 15 is 0 Å². The molecule has 2 rings (SSSR count). The first kappa shape index (κ1) is 19.1. The van der Waals surface area contributed by atoms with Gasteiger partial charge >= 0.3 is 0 Å². The second-order valence-corrected chi connectivity index (χ2v) is 7.38. The maximum absolute atomic E-state index is 10.5. The van der Waals surface area contributed by atoms with Crippen molar-refractivity contribution in [1.29, 1.82) is 0 Å². The molecule has 0 radical (unpaired) electrons. The summed E-state index contributed by atoms with van der Waals surface area (Å²) in [6.45, 7) is 12.6. The molecule has 136 valence electrons. The van der Waals surface area contributed by atoms with E-state index < -0.39 is 0 Å². The van der Waals surface area contributed by atoms with E-state index in [0.29, 0.717) is 6.10 Å². The molecule has 0 bridgehead atoms. The third-order valence-electron chi connectivity index (χ3n) is 4.71. The van der Waals surface area contributed by atoms with Gasteiger partial charge in [0, 0.05) is 39.3 Å². The fourth-order valence-electron chi connectivity index (χ4n) is 3.90. The van der Waals surface area contributed by atoms with Gasteiger partial charge in [-0.05, 0) is 46.1 Å². The topological polar surface area (TPSA) is 45.2 Å². The molecular formula is C18H36N2O3. The van der Waals surface area contributed by atoms with Crippen LogP contribution in [0.5, 0.6) is 0 Å². The van der Waals surface area contributed by atoms with E-state index in [1.165, 1.54) is 12.8 Å². The molecule has 0 amide bonds. The summed E-state index contributed by atoms with van der Waals surface area (Å²) in [6.07, 6.45) is 5.31. The fourth-order valence-corrected chi connectivity index (χ4v) is 3.90. The lowest BCUT2D eigenvalue weighted by molar-refractivity contribution is -0.0791. The summed E-state index contributed by atoms with van der Waals surface area (Å²) in [5.41, 5.74) is 0. The minimum atomic E-state index is -0.303. The van der Waals surface area contributed by atoms with Gasteiger partial charge in [-0.15, -0.1) is 0 Å². The fraction of sp³-hybridized carbons (Fsp3) is 1.00. The summed E-state index contributed by atoms with van der Waals surface area (Å²) < 4.78 is 11.6. The Balaban J connectivity index is 1.76. The third-order valence-corrected chi connectivity index (χ3v) is 4.71. The largest absolute Gasteiger partial charge is 0.390 e. The zero-order valence-corrected chi connectivity index (χ0v) is 15.2. The Morgan fingerprint density at radius 3 is 2.57 bits per heavy atom. The van der Waals surface area contributed by atoms with Gasteiger partial charge in [-0.2, -0.15) is 0 Å². The Morgan fingerprint density at radius 1 is 1.22 bits per heavy atom. The lowest BCUT2D eigenvalue weighted by atomic mass is 10.1. The Morgan fingerprint density at radius 2 is 1.96 bits per heavy atom. The molecule has 4 unspecified atom stereocenters. The average Bonchev–Trinajstić information content (AvgIpc) is 2.47. The van der Waals surface area contributed by atoms with Crippen LogP contribution < -0.4 is 0 Å². The van der Waals surface area contributed by atoms with E-state index in [1.807, 2.05) is 0 Å². The van der Waals surface area contributed by atoms with Crippen molar-refractivity contribution in [2.75, 3.05) is 45.9 Å². The molecule has 4 atom stereocenters. The highest BCUT2D eigenvalue weighted by molar-refractivity contribution is 4.78. The maximum Gasteiger partial charge on any atom is 0.0793 e. The van der Waals surface area contributed by atoms with Gasteiger partial charge in [0.15, 0.2) is 0 Å². The Bertz CT molecular complexity index is 313. The van der Waals surface area contributed by atoms with Gasteiger partial charge in [0.05, 0.1) is 24.4 Å². The number of aliphatic hydroxyl groups excluding tert-OH is 1. The Kier molecular flexibility index (Phi) is 8.27. The lowest BCUT2D eigenvalue weighted by Crippen LogP contribution is -2.50. The average molecular weight is 328 g/mol. The lowest BCUT2D eigenvalue weighted by Gasteiger charge is -2.37. The van der Waals surface area contributed by atoms with Gasteiger partial charge in [-0.3, -0.25) is 9.80 Å². The van der Waals surface area contributed by atoms with Crippen molar-refractivity contribution < 1.29 is 14.6 Å². The number of hydrogen-bond donors (Lipinski definition) is 1. The molecule has 0 saturated carbocycles. The number of rotatable bonds is 8. The van der Waals surface area contributed by atoms with Crippen LogP contribution in [0.25, 0.3) is 0 Å². The second kappa shape index (κ2) is 9.94. The standard InChI is InChI=1S/C18H36N2O3/c1-4-8-19(14-18-7-5-6-9-22-18)12-17(21)13-20-10-15(2)23-16(3)11-20/h15-18,21H,4-14H2,1-3H3. The summed E-state index contributed by atoms with van der Waals surface area (Å²) in [5.74, 6) is 0. The molecule has 1 N–H and O–H groups in total. The first-order valence-corrected chi connectivity index (χ1v) is 9.46. The number of nitrogens with zero attached hydrogens (tertiary/aromatic N) is 2. The summed E-state index contributed by atoms with van der Waals surface area (Å²) in [6, 6.07) is 0. The second-order valence-electron chi connectivity index (χ2n) is 7.38. The van der Waals surface area contributed by atoms with Crippen molar-refractivity contribution in [3.63, 3.8) is 0 Å². The number of aliphatic hydroxyl groups is 1. The van der Waals surface area contributed by atoms with E-state index in [9.17, 15) is 5.11 Å². The molecule has 5 heteroatoms. The molecule has 0 aromatic rings. The summed E-state index contributed by atoms with van der Waals surface area (Å²) in [7, 11) is 0. The van der Waals surface area contributed by atoms with Gasteiger partial charge in [-0.1, -0.05) is 6.92 Å². The summed E-state index contributed by atoms with van der Waals surface area (Å²) in [5, 5.41) is 10.5. The molecule has 0 aromatic heterocycles. The molecule has 0 aliphatic carbocycles. The monoisotopic (exact) mass is 328 g/mol. The van der Waals surface area contributed by atoms with Crippen LogP contribution in [0, 0.1) is 0 Å². The van der Waals surface area contributed by atoms with Gasteiger partial charge in [0.1, 0.15) is 0 Å². The van der Waals surface area contributed by atoms with Crippen molar-refractivity contribution >= 4 is 0 Å². The normalized spacial score (nSPS) is 31.4.